The lowest BCUT2D eigenvalue weighted by Gasteiger charge is -2.14. The molecule has 176 valence electrons. The van der Waals surface area contributed by atoms with E-state index < -0.39 is 46.7 Å². The van der Waals surface area contributed by atoms with Gasteiger partial charge in [-0.1, -0.05) is 25.6 Å². The number of benzene rings is 1. The minimum Gasteiger partial charge on any atom is -0.461 e. The van der Waals surface area contributed by atoms with Gasteiger partial charge in [-0.2, -0.15) is 0 Å². The Morgan fingerprint density at radius 3 is 2.55 bits per heavy atom. The van der Waals surface area contributed by atoms with Crippen LogP contribution in [0.5, 0.6) is 0 Å². The van der Waals surface area contributed by atoms with Crippen molar-refractivity contribution in [3.05, 3.63) is 48.0 Å². The number of furan rings is 1. The molecular formula is C21H22F3N5O3S. The number of aromatic nitrogens is 3. The van der Waals surface area contributed by atoms with Crippen molar-refractivity contribution in [2.75, 3.05) is 11.9 Å². The quantitative estimate of drug-likeness (QED) is 0.356. The SMILES string of the molecule is CC(C)Cn1c(SC(C)C(=O)NCC(=O)Nc2ccc(F)c(F)c2F)nnc1-c1ccco1. The summed E-state index contributed by atoms with van der Waals surface area (Å²) in [5.74, 6) is -4.49. The van der Waals surface area contributed by atoms with Crippen molar-refractivity contribution in [2.45, 2.75) is 37.7 Å². The van der Waals surface area contributed by atoms with E-state index in [-0.39, 0.29) is 5.92 Å². The summed E-state index contributed by atoms with van der Waals surface area (Å²) in [4.78, 5) is 24.5. The van der Waals surface area contributed by atoms with E-state index in [2.05, 4.69) is 20.8 Å². The highest BCUT2D eigenvalue weighted by molar-refractivity contribution is 8.00. The maximum absolute atomic E-state index is 13.7. The molecule has 8 nitrogen and oxygen atoms in total. The Morgan fingerprint density at radius 2 is 1.88 bits per heavy atom. The molecule has 0 fully saturated rings. The van der Waals surface area contributed by atoms with Gasteiger partial charge in [0, 0.05) is 6.54 Å². The normalized spacial score (nSPS) is 12.1. The number of halogens is 3. The maximum atomic E-state index is 13.7. The van der Waals surface area contributed by atoms with Crippen molar-refractivity contribution in [3.63, 3.8) is 0 Å². The highest BCUT2D eigenvalue weighted by Crippen LogP contribution is 2.28. The Labute approximate surface area is 191 Å². The number of hydrogen-bond acceptors (Lipinski definition) is 6. The first-order valence-corrected chi connectivity index (χ1v) is 10.9. The Kier molecular flexibility index (Phi) is 7.79. The number of rotatable bonds is 9. The van der Waals surface area contributed by atoms with Crippen molar-refractivity contribution in [1.29, 1.82) is 0 Å². The average molecular weight is 482 g/mol. The van der Waals surface area contributed by atoms with Crippen LogP contribution >= 0.6 is 11.8 Å². The van der Waals surface area contributed by atoms with Gasteiger partial charge >= 0.3 is 0 Å². The van der Waals surface area contributed by atoms with Crippen LogP contribution in [-0.2, 0) is 16.1 Å². The van der Waals surface area contributed by atoms with E-state index in [0.717, 1.165) is 17.8 Å². The first-order valence-electron chi connectivity index (χ1n) is 10.0. The van der Waals surface area contributed by atoms with Crippen LogP contribution in [0.3, 0.4) is 0 Å². The standard InChI is InChI=1S/C21H22F3N5O3S/c1-11(2)10-29-19(15-5-4-8-32-15)27-28-21(29)33-12(3)20(31)25-9-16(30)26-14-7-6-13(22)17(23)18(14)24/h4-8,11-12H,9-10H2,1-3H3,(H,25,31)(H,26,30). The highest BCUT2D eigenvalue weighted by Gasteiger charge is 2.23. The number of amides is 2. The molecule has 0 saturated heterocycles. The zero-order valence-electron chi connectivity index (χ0n) is 18.1. The summed E-state index contributed by atoms with van der Waals surface area (Å²) in [5, 5.41) is 12.7. The van der Waals surface area contributed by atoms with Crippen molar-refractivity contribution in [3.8, 4) is 11.6 Å². The molecule has 2 aromatic heterocycles. The molecule has 1 aromatic carbocycles. The summed E-state index contributed by atoms with van der Waals surface area (Å²) in [6.07, 6.45) is 1.53. The van der Waals surface area contributed by atoms with E-state index in [1.165, 1.54) is 6.26 Å². The number of nitrogens with one attached hydrogen (secondary N) is 2. The van der Waals surface area contributed by atoms with Crippen LogP contribution in [-0.4, -0.2) is 38.4 Å². The Hall–Kier alpha value is -3.28. The second kappa shape index (κ2) is 10.6. The predicted octanol–water partition coefficient (Wildman–Crippen LogP) is 3.85. The lowest BCUT2D eigenvalue weighted by atomic mass is 10.2. The van der Waals surface area contributed by atoms with Crippen LogP contribution in [0.25, 0.3) is 11.6 Å². The van der Waals surface area contributed by atoms with Gasteiger partial charge < -0.3 is 15.1 Å². The lowest BCUT2D eigenvalue weighted by Crippen LogP contribution is -2.37. The fourth-order valence-electron chi connectivity index (χ4n) is 2.83. The van der Waals surface area contributed by atoms with E-state index in [9.17, 15) is 22.8 Å². The largest absolute Gasteiger partial charge is 0.461 e. The Bertz CT molecular complexity index is 1130. The second-order valence-electron chi connectivity index (χ2n) is 7.54. The van der Waals surface area contributed by atoms with Gasteiger partial charge in [0.15, 0.2) is 34.2 Å². The van der Waals surface area contributed by atoms with E-state index >= 15 is 0 Å². The first-order chi connectivity index (χ1) is 15.7. The van der Waals surface area contributed by atoms with Crippen molar-refractivity contribution in [1.82, 2.24) is 20.1 Å². The predicted molar refractivity (Wildman–Crippen MR) is 116 cm³/mol. The first kappa shape index (κ1) is 24.4. The van der Waals surface area contributed by atoms with Crippen LogP contribution < -0.4 is 10.6 Å². The second-order valence-corrected chi connectivity index (χ2v) is 8.84. The molecule has 0 bridgehead atoms. The summed E-state index contributed by atoms with van der Waals surface area (Å²) in [5.41, 5.74) is -0.525. The molecule has 0 aliphatic rings. The fraction of sp³-hybridized carbons (Fsp3) is 0.333. The molecule has 2 amide bonds. The summed E-state index contributed by atoms with van der Waals surface area (Å²) in [7, 11) is 0. The van der Waals surface area contributed by atoms with E-state index in [0.29, 0.717) is 29.4 Å². The van der Waals surface area contributed by atoms with Gasteiger partial charge in [0.25, 0.3) is 0 Å². The third-order valence-corrected chi connectivity index (χ3v) is 5.47. The number of carbonyl (C=O) groups excluding carboxylic acids is 2. The van der Waals surface area contributed by atoms with Crippen LogP contribution in [0, 0.1) is 23.4 Å². The van der Waals surface area contributed by atoms with Gasteiger partial charge in [-0.25, -0.2) is 13.2 Å². The molecule has 0 saturated carbocycles. The topological polar surface area (TPSA) is 102 Å². The molecule has 2 heterocycles. The molecule has 0 aliphatic heterocycles. The summed E-state index contributed by atoms with van der Waals surface area (Å²) < 4.78 is 47.2. The van der Waals surface area contributed by atoms with Gasteiger partial charge in [0.2, 0.25) is 11.8 Å². The molecular weight excluding hydrogens is 459 g/mol. The fourth-order valence-corrected chi connectivity index (χ4v) is 3.72. The highest BCUT2D eigenvalue weighted by atomic mass is 32.2. The Morgan fingerprint density at radius 1 is 1.12 bits per heavy atom. The van der Waals surface area contributed by atoms with Crippen molar-refractivity contribution >= 4 is 29.3 Å². The number of thioether (sulfide) groups is 1. The zero-order chi connectivity index (χ0) is 24.1. The number of carbonyl (C=O) groups is 2. The zero-order valence-corrected chi connectivity index (χ0v) is 18.9. The van der Waals surface area contributed by atoms with Crippen molar-refractivity contribution in [2.24, 2.45) is 5.92 Å². The van der Waals surface area contributed by atoms with Gasteiger partial charge in [-0.3, -0.25) is 14.2 Å². The Balaban J connectivity index is 1.61. The van der Waals surface area contributed by atoms with Crippen LogP contribution in [0.15, 0.2) is 40.1 Å². The van der Waals surface area contributed by atoms with Gasteiger partial charge in [-0.15, -0.1) is 10.2 Å². The summed E-state index contributed by atoms with van der Waals surface area (Å²) in [6.45, 7) is 5.81. The van der Waals surface area contributed by atoms with Crippen LogP contribution in [0.4, 0.5) is 18.9 Å². The van der Waals surface area contributed by atoms with E-state index in [1.807, 2.05) is 18.4 Å². The summed E-state index contributed by atoms with van der Waals surface area (Å²) in [6, 6.07) is 5.09. The smallest absolute Gasteiger partial charge is 0.243 e. The molecule has 3 aromatic rings. The average Bonchev–Trinajstić information content (AvgIpc) is 3.42. The van der Waals surface area contributed by atoms with E-state index in [4.69, 9.17) is 4.42 Å². The van der Waals surface area contributed by atoms with E-state index in [1.54, 1.807) is 19.1 Å². The maximum Gasteiger partial charge on any atom is 0.243 e. The third-order valence-electron chi connectivity index (χ3n) is 4.39. The number of nitrogens with zero attached hydrogens (tertiary/aromatic N) is 3. The van der Waals surface area contributed by atoms with Gasteiger partial charge in [0.1, 0.15) is 0 Å². The molecule has 0 aliphatic carbocycles. The van der Waals surface area contributed by atoms with Gasteiger partial charge in [0.05, 0.1) is 23.7 Å². The third kappa shape index (κ3) is 5.95. The molecule has 12 heteroatoms. The molecule has 1 unspecified atom stereocenters. The minimum absolute atomic E-state index is 0.276. The lowest BCUT2D eigenvalue weighted by molar-refractivity contribution is -0.123. The molecule has 2 N–H and O–H groups in total. The molecule has 0 radical (unpaired) electrons. The molecule has 3 rings (SSSR count). The van der Waals surface area contributed by atoms with Crippen molar-refractivity contribution < 1.29 is 27.2 Å². The van der Waals surface area contributed by atoms with Crippen LogP contribution in [0.2, 0.25) is 0 Å². The van der Waals surface area contributed by atoms with Gasteiger partial charge in [-0.05, 0) is 37.1 Å². The number of hydrogen-bond donors (Lipinski definition) is 2. The summed E-state index contributed by atoms with van der Waals surface area (Å²) >= 11 is 1.15. The minimum atomic E-state index is -1.69. The van der Waals surface area contributed by atoms with Crippen LogP contribution in [0.1, 0.15) is 20.8 Å². The molecule has 1 atom stereocenters. The monoisotopic (exact) mass is 481 g/mol. The molecule has 33 heavy (non-hydrogen) atoms. The number of anilines is 1. The molecule has 0 spiro atoms.